The number of hydrogen-bond donors (Lipinski definition) is 2. The number of nitrogens with two attached hydrogens (primary N) is 2. The van der Waals surface area contributed by atoms with Crippen molar-refractivity contribution in [2.75, 3.05) is 5.73 Å². The van der Waals surface area contributed by atoms with E-state index in [-0.39, 0.29) is 16.8 Å². The van der Waals surface area contributed by atoms with Gasteiger partial charge in [-0.1, -0.05) is 6.07 Å². The summed E-state index contributed by atoms with van der Waals surface area (Å²) in [5.74, 6) is 0.667. The van der Waals surface area contributed by atoms with Crippen molar-refractivity contribution in [1.82, 2.24) is 0 Å². The number of nitrogen functional groups attached to an aromatic ring is 1. The minimum absolute atomic E-state index is 0.0305. The van der Waals surface area contributed by atoms with E-state index in [1.807, 2.05) is 5.92 Å². The zero-order valence-electron chi connectivity index (χ0n) is 7.28. The Balaban J connectivity index is 3.36. The molecule has 0 bridgehead atoms. The largest absolute Gasteiger partial charge is 0.397 e. The maximum atomic E-state index is 11.1. The molecule has 0 radical (unpaired) electrons. The molecule has 1 aromatic rings. The summed E-state index contributed by atoms with van der Waals surface area (Å²) in [5, 5.41) is 0. The highest BCUT2D eigenvalue weighted by atomic mass is 16.1. The van der Waals surface area contributed by atoms with E-state index >= 15 is 0 Å². The molecule has 0 aliphatic heterocycles. The van der Waals surface area contributed by atoms with Crippen LogP contribution in [-0.2, 0) is 0 Å². The third-order valence-electron chi connectivity index (χ3n) is 1.75. The number of anilines is 1. The number of amides is 1. The average Bonchev–Trinajstić information content (AvgIpc) is 2.16. The Hall–Kier alpha value is -2.28. The van der Waals surface area contributed by atoms with Gasteiger partial charge in [-0.05, 0) is 18.1 Å². The van der Waals surface area contributed by atoms with Crippen LogP contribution in [0.2, 0.25) is 0 Å². The lowest BCUT2D eigenvalue weighted by atomic mass is 10.0. The van der Waals surface area contributed by atoms with Gasteiger partial charge in [0.1, 0.15) is 0 Å². The van der Waals surface area contributed by atoms with Gasteiger partial charge >= 0.3 is 0 Å². The second-order valence-electron chi connectivity index (χ2n) is 2.60. The number of para-hydroxylation sites is 1. The fourth-order valence-electron chi connectivity index (χ4n) is 1.06. The predicted molar refractivity (Wildman–Crippen MR) is 52.5 cm³/mol. The first-order valence-corrected chi connectivity index (χ1v) is 3.77. The fraction of sp³-hybridized carbons (Fsp3) is 0. The lowest BCUT2D eigenvalue weighted by molar-refractivity contribution is 0.100. The summed E-state index contributed by atoms with van der Waals surface area (Å²) in [6.45, 7) is 0. The van der Waals surface area contributed by atoms with E-state index in [0.717, 1.165) is 0 Å². The third-order valence-corrected chi connectivity index (χ3v) is 1.75. The molecule has 0 aliphatic carbocycles. The SMILES string of the molecule is C#CC(=O)c1cccc(C(N)=O)c1N. The Bertz CT molecular complexity index is 444. The molecule has 0 aromatic heterocycles. The fourth-order valence-corrected chi connectivity index (χ4v) is 1.06. The first-order chi connectivity index (χ1) is 6.57. The van der Waals surface area contributed by atoms with Crippen LogP contribution in [0.15, 0.2) is 18.2 Å². The van der Waals surface area contributed by atoms with Crippen LogP contribution in [0, 0.1) is 12.3 Å². The van der Waals surface area contributed by atoms with E-state index < -0.39 is 11.7 Å². The first-order valence-electron chi connectivity index (χ1n) is 3.77. The van der Waals surface area contributed by atoms with Gasteiger partial charge in [0.25, 0.3) is 5.91 Å². The average molecular weight is 188 g/mol. The number of ketones is 1. The van der Waals surface area contributed by atoms with E-state index in [2.05, 4.69) is 0 Å². The lowest BCUT2D eigenvalue weighted by Gasteiger charge is -2.04. The lowest BCUT2D eigenvalue weighted by Crippen LogP contribution is -2.15. The van der Waals surface area contributed by atoms with Crippen molar-refractivity contribution in [3.05, 3.63) is 29.3 Å². The summed E-state index contributed by atoms with van der Waals surface area (Å²) in [7, 11) is 0. The minimum atomic E-state index is -0.686. The zero-order valence-corrected chi connectivity index (χ0v) is 7.28. The molecular formula is C10H8N2O2. The minimum Gasteiger partial charge on any atom is -0.397 e. The summed E-state index contributed by atoms with van der Waals surface area (Å²) >= 11 is 0. The van der Waals surface area contributed by atoms with E-state index in [0.29, 0.717) is 0 Å². The number of hydrogen-bond acceptors (Lipinski definition) is 3. The van der Waals surface area contributed by atoms with E-state index in [9.17, 15) is 9.59 Å². The maximum absolute atomic E-state index is 11.1. The van der Waals surface area contributed by atoms with Gasteiger partial charge in [0, 0.05) is 0 Å². The predicted octanol–water partition coefficient (Wildman–Crippen LogP) is 0.184. The third kappa shape index (κ3) is 1.57. The van der Waals surface area contributed by atoms with Crippen LogP contribution in [0.5, 0.6) is 0 Å². The summed E-state index contributed by atoms with van der Waals surface area (Å²) in [4.78, 5) is 22.0. The number of carbonyl (C=O) groups is 2. The molecule has 1 rings (SSSR count). The summed E-state index contributed by atoms with van der Waals surface area (Å²) in [5.41, 5.74) is 10.8. The number of rotatable bonds is 2. The molecule has 4 heteroatoms. The van der Waals surface area contributed by atoms with Crippen molar-refractivity contribution in [2.24, 2.45) is 5.73 Å². The van der Waals surface area contributed by atoms with Crippen LogP contribution in [0.3, 0.4) is 0 Å². The highest BCUT2D eigenvalue weighted by Crippen LogP contribution is 2.17. The Morgan fingerprint density at radius 2 is 1.86 bits per heavy atom. The molecule has 0 fully saturated rings. The molecule has 70 valence electrons. The quantitative estimate of drug-likeness (QED) is 0.300. The van der Waals surface area contributed by atoms with Crippen LogP contribution >= 0.6 is 0 Å². The highest BCUT2D eigenvalue weighted by molar-refractivity contribution is 6.14. The highest BCUT2D eigenvalue weighted by Gasteiger charge is 2.12. The summed E-state index contributed by atoms with van der Waals surface area (Å²) < 4.78 is 0. The van der Waals surface area contributed by atoms with Crippen molar-refractivity contribution in [3.63, 3.8) is 0 Å². The van der Waals surface area contributed by atoms with Crippen molar-refractivity contribution < 1.29 is 9.59 Å². The van der Waals surface area contributed by atoms with Crippen molar-refractivity contribution in [1.29, 1.82) is 0 Å². The van der Waals surface area contributed by atoms with Crippen molar-refractivity contribution >= 4 is 17.4 Å². The Morgan fingerprint density at radius 3 is 2.36 bits per heavy atom. The Labute approximate surface area is 80.9 Å². The standard InChI is InChI=1S/C10H8N2O2/c1-2-8(13)6-4-3-5-7(9(6)11)10(12)14/h1,3-5H,11H2,(H2,12,14). The molecule has 1 aromatic carbocycles. The van der Waals surface area contributed by atoms with Crippen LogP contribution in [0.1, 0.15) is 20.7 Å². The summed E-state index contributed by atoms with van der Waals surface area (Å²) in [6.07, 6.45) is 4.93. The number of carbonyl (C=O) groups excluding carboxylic acids is 2. The number of benzene rings is 1. The normalized spacial score (nSPS) is 9.07. The van der Waals surface area contributed by atoms with Crippen LogP contribution < -0.4 is 11.5 Å². The van der Waals surface area contributed by atoms with Gasteiger partial charge in [-0.2, -0.15) is 0 Å². The molecule has 4 nitrogen and oxygen atoms in total. The zero-order chi connectivity index (χ0) is 10.7. The van der Waals surface area contributed by atoms with Gasteiger partial charge in [0.2, 0.25) is 5.78 Å². The molecule has 0 aliphatic rings. The van der Waals surface area contributed by atoms with Gasteiger partial charge < -0.3 is 11.5 Å². The molecule has 14 heavy (non-hydrogen) atoms. The topological polar surface area (TPSA) is 86.2 Å². The second kappa shape index (κ2) is 3.62. The van der Waals surface area contributed by atoms with Crippen LogP contribution in [0.4, 0.5) is 5.69 Å². The monoisotopic (exact) mass is 188 g/mol. The molecule has 0 unspecified atom stereocenters. The van der Waals surface area contributed by atoms with Gasteiger partial charge in [-0.25, -0.2) is 0 Å². The van der Waals surface area contributed by atoms with Gasteiger partial charge in [-0.3, -0.25) is 9.59 Å². The first kappa shape index (κ1) is 9.81. The number of Topliss-reactive ketones (excluding diaryl/α,β-unsaturated/α-hetero) is 1. The number of terminal acetylenes is 1. The molecule has 0 spiro atoms. The Kier molecular flexibility index (Phi) is 2.54. The number of primary amides is 1. The van der Waals surface area contributed by atoms with Gasteiger partial charge in [0.05, 0.1) is 16.8 Å². The van der Waals surface area contributed by atoms with Crippen LogP contribution in [-0.4, -0.2) is 11.7 Å². The molecular weight excluding hydrogens is 180 g/mol. The Morgan fingerprint density at radius 1 is 1.29 bits per heavy atom. The molecule has 0 heterocycles. The molecule has 0 saturated heterocycles. The van der Waals surface area contributed by atoms with E-state index in [1.165, 1.54) is 18.2 Å². The van der Waals surface area contributed by atoms with E-state index in [1.54, 1.807) is 0 Å². The molecule has 4 N–H and O–H groups in total. The maximum Gasteiger partial charge on any atom is 0.250 e. The summed E-state index contributed by atoms with van der Waals surface area (Å²) in [6, 6.07) is 4.38. The van der Waals surface area contributed by atoms with Gasteiger partial charge in [0.15, 0.2) is 0 Å². The van der Waals surface area contributed by atoms with E-state index in [4.69, 9.17) is 17.9 Å². The second-order valence-corrected chi connectivity index (χ2v) is 2.60. The molecule has 0 atom stereocenters. The molecule has 1 amide bonds. The van der Waals surface area contributed by atoms with Crippen molar-refractivity contribution in [3.8, 4) is 12.3 Å². The van der Waals surface area contributed by atoms with Gasteiger partial charge in [-0.15, -0.1) is 6.42 Å². The van der Waals surface area contributed by atoms with Crippen LogP contribution in [0.25, 0.3) is 0 Å². The molecule has 0 saturated carbocycles. The smallest absolute Gasteiger partial charge is 0.250 e. The van der Waals surface area contributed by atoms with Crippen molar-refractivity contribution in [2.45, 2.75) is 0 Å².